The van der Waals surface area contributed by atoms with Crippen LogP contribution >= 0.6 is 11.6 Å². The van der Waals surface area contributed by atoms with Crippen LogP contribution in [0, 0.1) is 0 Å². The summed E-state index contributed by atoms with van der Waals surface area (Å²) in [6.07, 6.45) is 5.81. The zero-order valence-corrected chi connectivity index (χ0v) is 14.9. The fourth-order valence-corrected chi connectivity index (χ4v) is 3.12. The van der Waals surface area contributed by atoms with E-state index in [1.807, 2.05) is 30.3 Å². The average Bonchev–Trinajstić information content (AvgIpc) is 3.35. The van der Waals surface area contributed by atoms with Crippen molar-refractivity contribution < 1.29 is 9.53 Å². The Kier molecular flexibility index (Phi) is 4.55. The number of amides is 1. The lowest BCUT2D eigenvalue weighted by molar-refractivity contribution is -0.119. The highest BCUT2D eigenvalue weighted by molar-refractivity contribution is 6.30. The van der Waals surface area contributed by atoms with Crippen molar-refractivity contribution in [1.82, 2.24) is 10.3 Å². The summed E-state index contributed by atoms with van der Waals surface area (Å²) in [6.45, 7) is 0. The van der Waals surface area contributed by atoms with E-state index in [-0.39, 0.29) is 22.5 Å². The van der Waals surface area contributed by atoms with Crippen molar-refractivity contribution in [2.45, 2.75) is 37.8 Å². The molecule has 1 amide bonds. The van der Waals surface area contributed by atoms with E-state index >= 15 is 0 Å². The number of hydrogen-bond donors (Lipinski definition) is 2. The van der Waals surface area contributed by atoms with Gasteiger partial charge in [0.15, 0.2) is 0 Å². The number of hydrogen-bond acceptors (Lipinski definition) is 3. The first kappa shape index (κ1) is 16.9. The molecule has 5 nitrogen and oxygen atoms in total. The molecule has 4 rings (SSSR count). The number of rotatable bonds is 5. The number of H-pyrrole nitrogens is 1. The van der Waals surface area contributed by atoms with Crippen molar-refractivity contribution >= 4 is 23.1 Å². The number of benzene rings is 1. The summed E-state index contributed by atoms with van der Waals surface area (Å²) in [4.78, 5) is 26.3. The van der Waals surface area contributed by atoms with Crippen molar-refractivity contribution in [3.8, 4) is 5.75 Å². The van der Waals surface area contributed by atoms with Gasteiger partial charge in [-0.3, -0.25) is 9.59 Å². The Labute approximate surface area is 156 Å². The molecule has 1 aromatic carbocycles. The van der Waals surface area contributed by atoms with Gasteiger partial charge >= 0.3 is 0 Å². The van der Waals surface area contributed by atoms with E-state index in [4.69, 9.17) is 16.3 Å². The Morgan fingerprint density at radius 1 is 1.08 bits per heavy atom. The summed E-state index contributed by atoms with van der Waals surface area (Å²) in [5.74, 6) is 0.887. The van der Waals surface area contributed by atoms with Gasteiger partial charge < -0.3 is 15.0 Å². The van der Waals surface area contributed by atoms with Crippen LogP contribution in [-0.4, -0.2) is 23.0 Å². The van der Waals surface area contributed by atoms with Crippen molar-refractivity contribution in [2.75, 3.05) is 0 Å². The molecule has 1 atom stereocenters. The van der Waals surface area contributed by atoms with Gasteiger partial charge in [0.05, 0.1) is 6.10 Å². The molecule has 2 aromatic rings. The van der Waals surface area contributed by atoms with Gasteiger partial charge in [-0.15, -0.1) is 0 Å². The summed E-state index contributed by atoms with van der Waals surface area (Å²) < 4.78 is 5.80. The molecule has 0 unspecified atom stereocenters. The Morgan fingerprint density at radius 3 is 2.46 bits per heavy atom. The van der Waals surface area contributed by atoms with Crippen molar-refractivity contribution in [2.24, 2.45) is 0 Å². The minimum atomic E-state index is -0.334. The number of pyridine rings is 1. The highest BCUT2D eigenvalue weighted by Crippen LogP contribution is 2.29. The van der Waals surface area contributed by atoms with Gasteiger partial charge in [-0.05, 0) is 49.1 Å². The molecule has 1 saturated heterocycles. The van der Waals surface area contributed by atoms with Crippen LogP contribution in [-0.2, 0) is 4.79 Å². The van der Waals surface area contributed by atoms with E-state index in [9.17, 15) is 9.59 Å². The molecule has 1 saturated carbocycles. The van der Waals surface area contributed by atoms with Crippen molar-refractivity contribution in [3.05, 3.63) is 69.1 Å². The maximum absolute atomic E-state index is 11.9. The third kappa shape index (κ3) is 3.83. The van der Waals surface area contributed by atoms with Crippen LogP contribution in [0.1, 0.15) is 36.9 Å². The molecule has 2 heterocycles. The second-order valence-electron chi connectivity index (χ2n) is 6.68. The second kappa shape index (κ2) is 7.00. The fourth-order valence-electron chi connectivity index (χ4n) is 3.01. The number of carbonyl (C=O) groups is 1. The van der Waals surface area contributed by atoms with E-state index in [2.05, 4.69) is 10.3 Å². The Morgan fingerprint density at radius 2 is 1.85 bits per heavy atom. The zero-order chi connectivity index (χ0) is 18.1. The molecule has 2 N–H and O–H groups in total. The van der Waals surface area contributed by atoms with E-state index in [0.29, 0.717) is 18.2 Å². The molecular formula is C20H19ClN2O3. The van der Waals surface area contributed by atoms with Crippen LogP contribution in [0.15, 0.2) is 47.3 Å². The molecule has 0 radical (unpaired) electrons. The topological polar surface area (TPSA) is 71.2 Å². The van der Waals surface area contributed by atoms with Crippen molar-refractivity contribution in [1.29, 1.82) is 0 Å². The maximum Gasteiger partial charge on any atom is 0.267 e. The standard InChI is InChI=1S/C20H19ClN2O3/c21-17-8-9-18(23-20(17)25)16(11-13-3-10-19(24)22-13)12-1-4-14(5-2-12)26-15-6-7-15/h1-2,4-5,8-9,11,13,15H,3,6-7,10H2,(H,22,24)(H,23,25)/b16-11+/t13-/m1/s1. The highest BCUT2D eigenvalue weighted by Gasteiger charge is 2.24. The summed E-state index contributed by atoms with van der Waals surface area (Å²) in [7, 11) is 0. The lowest BCUT2D eigenvalue weighted by Gasteiger charge is -2.13. The van der Waals surface area contributed by atoms with Crippen LogP contribution in [0.25, 0.3) is 5.57 Å². The number of aromatic amines is 1. The van der Waals surface area contributed by atoms with Crippen LogP contribution in [0.3, 0.4) is 0 Å². The quantitative estimate of drug-likeness (QED) is 0.848. The van der Waals surface area contributed by atoms with E-state index in [0.717, 1.165) is 36.1 Å². The van der Waals surface area contributed by atoms with E-state index < -0.39 is 0 Å². The lowest BCUT2D eigenvalue weighted by Crippen LogP contribution is -2.23. The van der Waals surface area contributed by atoms with Gasteiger partial charge in [-0.1, -0.05) is 29.8 Å². The minimum absolute atomic E-state index is 0.0448. The van der Waals surface area contributed by atoms with Crippen molar-refractivity contribution in [3.63, 3.8) is 0 Å². The molecule has 26 heavy (non-hydrogen) atoms. The molecule has 1 aliphatic heterocycles. The second-order valence-corrected chi connectivity index (χ2v) is 7.09. The third-order valence-electron chi connectivity index (χ3n) is 4.54. The summed E-state index contributed by atoms with van der Waals surface area (Å²) >= 11 is 5.86. The summed E-state index contributed by atoms with van der Waals surface area (Å²) in [5.41, 5.74) is 2.12. The normalized spacial score (nSPS) is 20.1. The predicted molar refractivity (Wildman–Crippen MR) is 100 cm³/mol. The first-order valence-corrected chi connectivity index (χ1v) is 9.14. The predicted octanol–water partition coefficient (Wildman–Crippen LogP) is 3.28. The lowest BCUT2D eigenvalue weighted by atomic mass is 9.99. The molecule has 0 bridgehead atoms. The molecule has 0 spiro atoms. The average molecular weight is 371 g/mol. The first-order chi connectivity index (χ1) is 12.6. The molecule has 2 aliphatic rings. The van der Waals surface area contributed by atoms with E-state index in [1.54, 1.807) is 12.1 Å². The SMILES string of the molecule is O=C1CC[C@H](/C=C(\c2ccc(OC3CC3)cc2)c2ccc(Cl)c(=O)[nH]2)N1. The fraction of sp³-hybridized carbons (Fsp3) is 0.300. The number of aromatic nitrogens is 1. The minimum Gasteiger partial charge on any atom is -0.490 e. The summed E-state index contributed by atoms with van der Waals surface area (Å²) in [5, 5.41) is 3.09. The Hall–Kier alpha value is -2.53. The largest absolute Gasteiger partial charge is 0.490 e. The zero-order valence-electron chi connectivity index (χ0n) is 14.1. The maximum atomic E-state index is 11.9. The Bertz CT molecular complexity index is 913. The number of carbonyl (C=O) groups excluding carboxylic acids is 1. The summed E-state index contributed by atoms with van der Waals surface area (Å²) in [6, 6.07) is 11.1. The van der Waals surface area contributed by atoms with E-state index in [1.165, 1.54) is 0 Å². The van der Waals surface area contributed by atoms with Gasteiger partial charge in [0.25, 0.3) is 5.56 Å². The van der Waals surface area contributed by atoms with Gasteiger partial charge in [0.2, 0.25) is 5.91 Å². The first-order valence-electron chi connectivity index (χ1n) is 8.76. The highest BCUT2D eigenvalue weighted by atomic mass is 35.5. The molecule has 1 aliphatic carbocycles. The van der Waals surface area contributed by atoms with Gasteiger partial charge in [0.1, 0.15) is 10.8 Å². The van der Waals surface area contributed by atoms with Crippen LogP contribution in [0.2, 0.25) is 5.02 Å². The van der Waals surface area contributed by atoms with Gasteiger partial charge in [-0.2, -0.15) is 0 Å². The molecular weight excluding hydrogens is 352 g/mol. The number of halogens is 1. The van der Waals surface area contributed by atoms with Crippen LogP contribution in [0.5, 0.6) is 5.75 Å². The monoisotopic (exact) mass is 370 g/mol. The van der Waals surface area contributed by atoms with Gasteiger partial charge in [0, 0.05) is 23.7 Å². The third-order valence-corrected chi connectivity index (χ3v) is 4.84. The Balaban J connectivity index is 1.69. The van der Waals surface area contributed by atoms with Crippen LogP contribution < -0.4 is 15.6 Å². The molecule has 6 heteroatoms. The number of nitrogens with one attached hydrogen (secondary N) is 2. The molecule has 134 valence electrons. The van der Waals surface area contributed by atoms with Gasteiger partial charge in [-0.25, -0.2) is 0 Å². The smallest absolute Gasteiger partial charge is 0.267 e. The number of ether oxygens (including phenoxy) is 1. The molecule has 1 aromatic heterocycles. The molecule has 2 fully saturated rings. The van der Waals surface area contributed by atoms with Crippen LogP contribution in [0.4, 0.5) is 0 Å².